The Morgan fingerprint density at radius 3 is 2.56 bits per heavy atom. The molecule has 18 heavy (non-hydrogen) atoms. The van der Waals surface area contributed by atoms with E-state index in [9.17, 15) is 8.42 Å². The van der Waals surface area contributed by atoms with Crippen LogP contribution in [0.4, 0.5) is 0 Å². The van der Waals surface area contributed by atoms with E-state index in [1.165, 1.54) is 11.3 Å². The molecule has 0 spiro atoms. The van der Waals surface area contributed by atoms with Crippen LogP contribution in [0.15, 0.2) is 14.1 Å². The largest absolute Gasteiger partial charge is 0.316 e. The number of sulfonamides is 1. The van der Waals surface area contributed by atoms with E-state index < -0.39 is 10.0 Å². The Kier molecular flexibility index (Phi) is 4.12. The van der Waals surface area contributed by atoms with Gasteiger partial charge in [-0.15, -0.1) is 23.7 Å². The summed E-state index contributed by atoms with van der Waals surface area (Å²) in [4.78, 5) is 0. The average molecular weight is 374 g/mol. The van der Waals surface area contributed by atoms with Gasteiger partial charge in [-0.1, -0.05) is 0 Å². The Bertz CT molecular complexity index is 531. The van der Waals surface area contributed by atoms with Crippen LogP contribution in [-0.4, -0.2) is 27.5 Å². The van der Waals surface area contributed by atoms with Gasteiger partial charge in [0.15, 0.2) is 0 Å². The SMILES string of the molecule is Cc1cc(S(=O)(=O)NC2C3CNCC32)sc1Br.Cl. The molecule has 0 bridgehead atoms. The number of hydrogen-bond donors (Lipinski definition) is 2. The highest BCUT2D eigenvalue weighted by atomic mass is 79.9. The van der Waals surface area contributed by atoms with E-state index in [-0.39, 0.29) is 18.4 Å². The molecule has 2 heterocycles. The summed E-state index contributed by atoms with van der Waals surface area (Å²) in [6.07, 6.45) is 0. The van der Waals surface area contributed by atoms with Crippen molar-refractivity contribution in [2.24, 2.45) is 11.8 Å². The first kappa shape index (κ1) is 14.7. The number of fused-ring (bicyclic) bond motifs is 1. The van der Waals surface area contributed by atoms with Crippen LogP contribution in [0.2, 0.25) is 0 Å². The van der Waals surface area contributed by atoms with Gasteiger partial charge in [-0.3, -0.25) is 0 Å². The lowest BCUT2D eigenvalue weighted by molar-refractivity contribution is 0.567. The van der Waals surface area contributed by atoms with E-state index in [4.69, 9.17) is 0 Å². The molecule has 0 radical (unpaired) electrons. The molecule has 0 amide bonds. The second-order valence-electron chi connectivity index (χ2n) is 4.66. The Morgan fingerprint density at radius 1 is 1.44 bits per heavy atom. The minimum absolute atomic E-state index is 0. The van der Waals surface area contributed by atoms with Crippen LogP contribution in [0.5, 0.6) is 0 Å². The van der Waals surface area contributed by atoms with E-state index in [0.717, 1.165) is 22.4 Å². The summed E-state index contributed by atoms with van der Waals surface area (Å²) in [6, 6.07) is 1.86. The molecule has 2 unspecified atom stereocenters. The highest BCUT2D eigenvalue weighted by molar-refractivity contribution is 9.11. The van der Waals surface area contributed by atoms with Gasteiger partial charge < -0.3 is 5.32 Å². The first-order valence-corrected chi connectivity index (χ1v) is 8.57. The zero-order valence-corrected chi connectivity index (χ0v) is 13.7. The Morgan fingerprint density at radius 2 is 2.06 bits per heavy atom. The first-order valence-electron chi connectivity index (χ1n) is 5.48. The molecule has 2 N–H and O–H groups in total. The van der Waals surface area contributed by atoms with Gasteiger partial charge in [0.1, 0.15) is 4.21 Å². The summed E-state index contributed by atoms with van der Waals surface area (Å²) >= 11 is 4.62. The summed E-state index contributed by atoms with van der Waals surface area (Å²) < 4.78 is 28.4. The number of rotatable bonds is 3. The van der Waals surface area contributed by atoms with Gasteiger partial charge in [0.25, 0.3) is 0 Å². The molecule has 2 fully saturated rings. The standard InChI is InChI=1S/C10H13BrN2O2S2.ClH/c1-5-2-8(16-10(5)11)17(14,15)13-9-6-3-12-4-7(6)9;/h2,6-7,9,12-13H,3-4H2,1H3;1H. The number of halogens is 2. The van der Waals surface area contributed by atoms with Crippen LogP contribution >= 0.6 is 39.7 Å². The Balaban J connectivity index is 0.00000120. The van der Waals surface area contributed by atoms with E-state index >= 15 is 0 Å². The summed E-state index contributed by atoms with van der Waals surface area (Å²) in [6.45, 7) is 3.77. The van der Waals surface area contributed by atoms with E-state index in [2.05, 4.69) is 26.0 Å². The third-order valence-corrected chi connectivity index (χ3v) is 7.55. The minimum atomic E-state index is -3.33. The van der Waals surface area contributed by atoms with Gasteiger partial charge in [-0.25, -0.2) is 13.1 Å². The molecule has 4 nitrogen and oxygen atoms in total. The lowest BCUT2D eigenvalue weighted by Gasteiger charge is -2.06. The van der Waals surface area contributed by atoms with Gasteiger partial charge in [0, 0.05) is 6.04 Å². The molecule has 1 aliphatic heterocycles. The Hall–Kier alpha value is 0.340. The first-order chi connectivity index (χ1) is 7.99. The number of piperidine rings is 1. The van der Waals surface area contributed by atoms with Crippen LogP contribution in [0.3, 0.4) is 0 Å². The smallest absolute Gasteiger partial charge is 0.250 e. The molecule has 1 saturated carbocycles. The Labute approximate surface area is 125 Å². The molecule has 1 aromatic heterocycles. The maximum atomic E-state index is 12.1. The van der Waals surface area contributed by atoms with Crippen LogP contribution in [-0.2, 0) is 10.0 Å². The molecule has 3 rings (SSSR count). The molecule has 102 valence electrons. The van der Waals surface area contributed by atoms with Crippen molar-refractivity contribution in [2.45, 2.75) is 17.2 Å². The van der Waals surface area contributed by atoms with Crippen LogP contribution in [0.1, 0.15) is 5.56 Å². The van der Waals surface area contributed by atoms with Crippen LogP contribution in [0, 0.1) is 18.8 Å². The van der Waals surface area contributed by atoms with Crippen molar-refractivity contribution in [3.05, 3.63) is 15.4 Å². The molecule has 2 aliphatic rings. The van der Waals surface area contributed by atoms with Crippen molar-refractivity contribution < 1.29 is 8.42 Å². The normalized spacial score (nSPS) is 29.8. The highest BCUT2D eigenvalue weighted by Crippen LogP contribution is 2.43. The topological polar surface area (TPSA) is 58.2 Å². The summed E-state index contributed by atoms with van der Waals surface area (Å²) in [7, 11) is -3.33. The van der Waals surface area contributed by atoms with Crippen LogP contribution in [0.25, 0.3) is 0 Å². The third kappa shape index (κ3) is 2.48. The average Bonchev–Trinajstić information content (AvgIpc) is 2.69. The van der Waals surface area contributed by atoms with E-state index in [1.807, 2.05) is 6.92 Å². The number of nitrogens with one attached hydrogen (secondary N) is 2. The fourth-order valence-electron chi connectivity index (χ4n) is 2.39. The monoisotopic (exact) mass is 372 g/mol. The maximum Gasteiger partial charge on any atom is 0.250 e. The molecule has 1 aliphatic carbocycles. The minimum Gasteiger partial charge on any atom is -0.316 e. The van der Waals surface area contributed by atoms with Crippen molar-refractivity contribution in [3.8, 4) is 0 Å². The maximum absolute atomic E-state index is 12.1. The molecule has 1 aromatic rings. The summed E-state index contributed by atoms with van der Waals surface area (Å²) in [5.74, 6) is 0.989. The zero-order chi connectivity index (χ0) is 12.2. The van der Waals surface area contributed by atoms with E-state index in [1.54, 1.807) is 6.07 Å². The molecular formula is C10H14BrClN2O2S2. The second kappa shape index (κ2) is 5.03. The number of hydrogen-bond acceptors (Lipinski definition) is 4. The predicted molar refractivity (Wildman–Crippen MR) is 78.0 cm³/mol. The fraction of sp³-hybridized carbons (Fsp3) is 0.600. The van der Waals surface area contributed by atoms with Crippen molar-refractivity contribution in [1.82, 2.24) is 10.0 Å². The van der Waals surface area contributed by atoms with Crippen molar-refractivity contribution >= 4 is 49.7 Å². The molecule has 0 aromatic carbocycles. The van der Waals surface area contributed by atoms with Crippen molar-refractivity contribution in [3.63, 3.8) is 0 Å². The predicted octanol–water partition coefficient (Wildman–Crippen LogP) is 1.74. The van der Waals surface area contributed by atoms with Gasteiger partial charge in [-0.05, 0) is 59.4 Å². The lowest BCUT2D eigenvalue weighted by atomic mass is 10.4. The van der Waals surface area contributed by atoms with Gasteiger partial charge >= 0.3 is 0 Å². The van der Waals surface area contributed by atoms with Gasteiger partial charge in [0.05, 0.1) is 3.79 Å². The van der Waals surface area contributed by atoms with Crippen molar-refractivity contribution in [1.29, 1.82) is 0 Å². The van der Waals surface area contributed by atoms with Gasteiger partial charge in [0.2, 0.25) is 10.0 Å². The second-order valence-corrected chi connectivity index (χ2v) is 8.97. The molecule has 8 heteroatoms. The van der Waals surface area contributed by atoms with Crippen LogP contribution < -0.4 is 10.0 Å². The highest BCUT2D eigenvalue weighted by Gasteiger charge is 2.54. The third-order valence-electron chi connectivity index (χ3n) is 3.48. The number of aryl methyl sites for hydroxylation is 1. The summed E-state index contributed by atoms with van der Waals surface area (Å²) in [5.41, 5.74) is 0.966. The molecular weight excluding hydrogens is 360 g/mol. The molecule has 1 saturated heterocycles. The van der Waals surface area contributed by atoms with Gasteiger partial charge in [-0.2, -0.15) is 0 Å². The lowest BCUT2D eigenvalue weighted by Crippen LogP contribution is -2.32. The number of thiophene rings is 1. The molecule has 2 atom stereocenters. The van der Waals surface area contributed by atoms with Crippen molar-refractivity contribution in [2.75, 3.05) is 13.1 Å². The quantitative estimate of drug-likeness (QED) is 0.848. The zero-order valence-electron chi connectivity index (χ0n) is 9.64. The van der Waals surface area contributed by atoms with E-state index in [0.29, 0.717) is 16.0 Å². The fourth-order valence-corrected chi connectivity index (χ4v) is 5.98. The summed E-state index contributed by atoms with van der Waals surface area (Å²) in [5, 5.41) is 3.25.